The van der Waals surface area contributed by atoms with E-state index in [2.05, 4.69) is 10.3 Å². The average molecular weight is 271 g/mol. The second-order valence-electron chi connectivity index (χ2n) is 3.48. The summed E-state index contributed by atoms with van der Waals surface area (Å²) in [6, 6.07) is 3.33. The summed E-state index contributed by atoms with van der Waals surface area (Å²) in [5.74, 6) is -0.286. The molecule has 1 rings (SSSR count). The van der Waals surface area contributed by atoms with Crippen LogP contribution in [0.5, 0.6) is 0 Å². The molecule has 0 spiro atoms. The van der Waals surface area contributed by atoms with Crippen LogP contribution in [0, 0.1) is 0 Å². The van der Waals surface area contributed by atoms with Gasteiger partial charge >= 0.3 is 5.97 Å². The highest BCUT2D eigenvalue weighted by Crippen LogP contribution is 2.02. The molecule has 1 aromatic rings. The van der Waals surface area contributed by atoms with Gasteiger partial charge in [0.1, 0.15) is 0 Å². The molecule has 6 heteroatoms. The number of nitrogens with zero attached hydrogens (tertiary/aromatic N) is 1. The predicted molar refractivity (Wildman–Crippen MR) is 67.4 cm³/mol. The fraction of sp³-hybridized carbons (Fsp3) is 0.417. The fourth-order valence-corrected chi connectivity index (χ4v) is 1.41. The van der Waals surface area contributed by atoms with Crippen molar-refractivity contribution in [3.8, 4) is 0 Å². The van der Waals surface area contributed by atoms with Gasteiger partial charge in [0.05, 0.1) is 30.2 Å². The Morgan fingerprint density at radius 3 is 2.78 bits per heavy atom. The molecule has 18 heavy (non-hydrogen) atoms. The Bertz CT molecular complexity index is 406. The van der Waals surface area contributed by atoms with Gasteiger partial charge in [-0.15, -0.1) is 11.6 Å². The Balaban J connectivity index is 2.38. The quantitative estimate of drug-likeness (QED) is 0.628. The molecule has 0 atom stereocenters. The highest BCUT2D eigenvalue weighted by Gasteiger charge is 2.07. The van der Waals surface area contributed by atoms with Crippen molar-refractivity contribution in [2.24, 2.45) is 0 Å². The highest BCUT2D eigenvalue weighted by molar-refractivity contribution is 6.16. The first-order chi connectivity index (χ1) is 8.67. The van der Waals surface area contributed by atoms with Gasteiger partial charge in [0.2, 0.25) is 0 Å². The van der Waals surface area contributed by atoms with E-state index in [9.17, 15) is 9.59 Å². The predicted octanol–water partition coefficient (Wildman–Crippen LogP) is 1.50. The van der Waals surface area contributed by atoms with Gasteiger partial charge in [0, 0.05) is 12.7 Å². The number of esters is 1. The van der Waals surface area contributed by atoms with E-state index in [1.807, 2.05) is 0 Å². The van der Waals surface area contributed by atoms with Gasteiger partial charge in [0.25, 0.3) is 5.91 Å². The minimum absolute atomic E-state index is 0.159. The lowest BCUT2D eigenvalue weighted by Gasteiger charge is -2.05. The van der Waals surface area contributed by atoms with Gasteiger partial charge in [0.15, 0.2) is 0 Å². The van der Waals surface area contributed by atoms with Gasteiger partial charge in [-0.2, -0.15) is 0 Å². The molecule has 0 radical (unpaired) electrons. The monoisotopic (exact) mass is 270 g/mol. The van der Waals surface area contributed by atoms with Crippen LogP contribution in [0.25, 0.3) is 0 Å². The van der Waals surface area contributed by atoms with Crippen molar-refractivity contribution >= 4 is 23.5 Å². The number of pyridine rings is 1. The molecule has 5 nitrogen and oxygen atoms in total. The number of rotatable bonds is 6. The van der Waals surface area contributed by atoms with Crippen molar-refractivity contribution in [3.05, 3.63) is 29.6 Å². The molecular weight excluding hydrogens is 256 g/mol. The van der Waals surface area contributed by atoms with Gasteiger partial charge < -0.3 is 10.1 Å². The SMILES string of the molecule is CCOC(=O)CCNC(=O)c1ccc(CCl)nc1. The smallest absolute Gasteiger partial charge is 0.307 e. The topological polar surface area (TPSA) is 68.3 Å². The molecule has 0 bridgehead atoms. The lowest BCUT2D eigenvalue weighted by atomic mass is 10.2. The van der Waals surface area contributed by atoms with E-state index in [0.717, 1.165) is 0 Å². The number of carbonyl (C=O) groups is 2. The van der Waals surface area contributed by atoms with E-state index in [4.69, 9.17) is 16.3 Å². The van der Waals surface area contributed by atoms with Crippen molar-refractivity contribution < 1.29 is 14.3 Å². The van der Waals surface area contributed by atoms with Crippen LogP contribution in [0.4, 0.5) is 0 Å². The third kappa shape index (κ3) is 4.71. The molecule has 1 heterocycles. The minimum atomic E-state index is -0.326. The van der Waals surface area contributed by atoms with Crippen LogP contribution >= 0.6 is 11.6 Å². The summed E-state index contributed by atoms with van der Waals surface area (Å²) in [4.78, 5) is 26.7. The van der Waals surface area contributed by atoms with Crippen molar-refractivity contribution in [2.45, 2.75) is 19.2 Å². The second-order valence-corrected chi connectivity index (χ2v) is 3.75. The van der Waals surface area contributed by atoms with E-state index in [-0.39, 0.29) is 24.8 Å². The molecule has 1 aromatic heterocycles. The maximum absolute atomic E-state index is 11.6. The molecule has 0 aromatic carbocycles. The van der Waals surface area contributed by atoms with Gasteiger partial charge in [-0.25, -0.2) is 0 Å². The lowest BCUT2D eigenvalue weighted by Crippen LogP contribution is -2.26. The van der Waals surface area contributed by atoms with Crippen LogP contribution in [-0.4, -0.2) is 30.0 Å². The molecule has 0 aliphatic carbocycles. The molecule has 1 N–H and O–H groups in total. The van der Waals surface area contributed by atoms with Gasteiger partial charge in [-0.05, 0) is 19.1 Å². The molecule has 1 amide bonds. The normalized spacial score (nSPS) is 9.89. The number of hydrogen-bond donors (Lipinski definition) is 1. The van der Waals surface area contributed by atoms with E-state index in [0.29, 0.717) is 23.7 Å². The number of nitrogens with one attached hydrogen (secondary N) is 1. The molecular formula is C12H15ClN2O3. The number of amides is 1. The molecule has 0 fully saturated rings. The molecule has 0 unspecified atom stereocenters. The van der Waals surface area contributed by atoms with Crippen LogP contribution < -0.4 is 5.32 Å². The number of halogens is 1. The molecule has 0 saturated heterocycles. The van der Waals surface area contributed by atoms with Crippen molar-refractivity contribution in [1.82, 2.24) is 10.3 Å². The highest BCUT2D eigenvalue weighted by atomic mass is 35.5. The van der Waals surface area contributed by atoms with Crippen LogP contribution in [-0.2, 0) is 15.4 Å². The first kappa shape index (κ1) is 14.4. The molecule has 0 saturated carbocycles. The third-order valence-corrected chi connectivity index (χ3v) is 2.42. The molecule has 0 aliphatic rings. The van der Waals surface area contributed by atoms with Crippen molar-refractivity contribution in [1.29, 1.82) is 0 Å². The number of hydrogen-bond acceptors (Lipinski definition) is 4. The van der Waals surface area contributed by atoms with E-state index >= 15 is 0 Å². The Labute approximate surface area is 110 Å². The first-order valence-corrected chi connectivity index (χ1v) is 6.15. The maximum atomic E-state index is 11.6. The minimum Gasteiger partial charge on any atom is -0.466 e. The second kappa shape index (κ2) is 7.66. The summed E-state index contributed by atoms with van der Waals surface area (Å²) in [5.41, 5.74) is 1.15. The zero-order valence-corrected chi connectivity index (χ0v) is 10.9. The Morgan fingerprint density at radius 1 is 1.44 bits per heavy atom. The zero-order valence-electron chi connectivity index (χ0n) is 10.1. The van der Waals surface area contributed by atoms with Gasteiger partial charge in [-0.1, -0.05) is 0 Å². The van der Waals surface area contributed by atoms with Crippen molar-refractivity contribution in [3.63, 3.8) is 0 Å². The van der Waals surface area contributed by atoms with E-state index in [1.54, 1.807) is 19.1 Å². The molecule has 98 valence electrons. The fourth-order valence-electron chi connectivity index (χ4n) is 1.25. The van der Waals surface area contributed by atoms with Crippen molar-refractivity contribution in [2.75, 3.05) is 13.2 Å². The van der Waals surface area contributed by atoms with E-state index in [1.165, 1.54) is 6.20 Å². The lowest BCUT2D eigenvalue weighted by molar-refractivity contribution is -0.142. The summed E-state index contributed by atoms with van der Waals surface area (Å²) in [7, 11) is 0. The summed E-state index contributed by atoms with van der Waals surface area (Å²) in [6.07, 6.45) is 1.62. The molecule has 0 aliphatic heterocycles. The largest absolute Gasteiger partial charge is 0.466 e. The Kier molecular flexibility index (Phi) is 6.14. The van der Waals surface area contributed by atoms with Gasteiger partial charge in [-0.3, -0.25) is 14.6 Å². The van der Waals surface area contributed by atoms with Crippen LogP contribution in [0.3, 0.4) is 0 Å². The summed E-state index contributed by atoms with van der Waals surface area (Å²) < 4.78 is 4.74. The van der Waals surface area contributed by atoms with Crippen LogP contribution in [0.1, 0.15) is 29.4 Å². The zero-order chi connectivity index (χ0) is 13.4. The first-order valence-electron chi connectivity index (χ1n) is 5.62. The number of alkyl halides is 1. The standard InChI is InChI=1S/C12H15ClN2O3/c1-2-18-11(16)5-6-14-12(17)9-3-4-10(7-13)15-8-9/h3-4,8H,2,5-7H2,1H3,(H,14,17). The maximum Gasteiger partial charge on any atom is 0.307 e. The summed E-state index contributed by atoms with van der Waals surface area (Å²) >= 11 is 5.59. The van der Waals surface area contributed by atoms with E-state index < -0.39 is 0 Å². The van der Waals surface area contributed by atoms with Crippen LogP contribution in [0.15, 0.2) is 18.3 Å². The number of aromatic nitrogens is 1. The Morgan fingerprint density at radius 2 is 2.22 bits per heavy atom. The van der Waals surface area contributed by atoms with Crippen LogP contribution in [0.2, 0.25) is 0 Å². The summed E-state index contributed by atoms with van der Waals surface area (Å²) in [5, 5.41) is 2.61. The third-order valence-electron chi connectivity index (χ3n) is 2.14. The number of carbonyl (C=O) groups excluding carboxylic acids is 2. The summed E-state index contributed by atoms with van der Waals surface area (Å²) in [6.45, 7) is 2.33. The Hall–Kier alpha value is -1.62. The average Bonchev–Trinajstić information content (AvgIpc) is 2.39. The number of ether oxygens (including phenoxy) is 1.